The summed E-state index contributed by atoms with van der Waals surface area (Å²) < 4.78 is 0. The third-order valence-electron chi connectivity index (χ3n) is 8.79. The van der Waals surface area contributed by atoms with Gasteiger partial charge in [-0.15, -0.1) is 0 Å². The number of hydrogen-bond acceptors (Lipinski definition) is 4. The molecule has 0 radical (unpaired) electrons. The Hall–Kier alpha value is -1.94. The molecule has 1 aromatic carbocycles. The van der Waals surface area contributed by atoms with Gasteiger partial charge in [-0.1, -0.05) is 62.8 Å². The van der Waals surface area contributed by atoms with E-state index in [1.54, 1.807) is 6.92 Å². The Morgan fingerprint density at radius 1 is 1.13 bits per heavy atom. The van der Waals surface area contributed by atoms with E-state index in [4.69, 9.17) is 0 Å². The van der Waals surface area contributed by atoms with Gasteiger partial charge in [-0.3, -0.25) is 4.79 Å². The standard InChI is InChI=1S/C26H34O4/c1-16(24(29)30)22-20-10-9-18-15-19(27)11-13-25(18,2)21(20)12-14-26(22,3)23(28)17-7-5-4-6-8-17/h4-9,16,19-22,27H,10-15H2,1-3H3,(H,29,30)/p-1. The average Bonchev–Trinajstić information content (AvgIpc) is 2.73. The topological polar surface area (TPSA) is 77.4 Å². The number of carboxylic acids is 1. The number of Topliss-reactive ketones (excluding diaryl/α,β-unsaturated/α-hetero) is 1. The van der Waals surface area contributed by atoms with Gasteiger partial charge in [-0.25, -0.2) is 0 Å². The Bertz CT molecular complexity index is 859. The van der Waals surface area contributed by atoms with E-state index >= 15 is 0 Å². The number of aliphatic hydroxyl groups excluding tert-OH is 1. The number of carbonyl (C=O) groups excluding carboxylic acids is 2. The predicted octanol–water partition coefficient (Wildman–Crippen LogP) is 3.79. The molecule has 4 heteroatoms. The summed E-state index contributed by atoms with van der Waals surface area (Å²) in [6.45, 7) is 6.00. The van der Waals surface area contributed by atoms with Crippen molar-refractivity contribution in [1.82, 2.24) is 0 Å². The molecule has 2 fully saturated rings. The molecule has 0 aliphatic heterocycles. The minimum absolute atomic E-state index is 0.0107. The first-order chi connectivity index (χ1) is 14.2. The monoisotopic (exact) mass is 409 g/mol. The number of fused-ring (bicyclic) bond motifs is 3. The van der Waals surface area contributed by atoms with Crippen LogP contribution in [0.4, 0.5) is 0 Å². The highest BCUT2D eigenvalue weighted by Crippen LogP contribution is 2.63. The second-order valence-electron chi connectivity index (χ2n) is 10.3. The van der Waals surface area contributed by atoms with Gasteiger partial charge < -0.3 is 15.0 Å². The van der Waals surface area contributed by atoms with Gasteiger partial charge in [0.15, 0.2) is 5.78 Å². The predicted molar refractivity (Wildman–Crippen MR) is 113 cm³/mol. The number of carboxylic acid groups (broad SMARTS) is 1. The number of aliphatic carboxylic acids is 1. The molecular formula is C26H33O4-. The highest BCUT2D eigenvalue weighted by atomic mass is 16.4. The van der Waals surface area contributed by atoms with Crippen LogP contribution in [0.25, 0.3) is 0 Å². The molecular weight excluding hydrogens is 376 g/mol. The molecule has 0 aromatic heterocycles. The van der Waals surface area contributed by atoms with E-state index in [9.17, 15) is 19.8 Å². The Kier molecular flexibility index (Phi) is 5.42. The average molecular weight is 410 g/mol. The second kappa shape index (κ2) is 7.64. The zero-order chi connectivity index (χ0) is 21.7. The maximum absolute atomic E-state index is 13.7. The van der Waals surface area contributed by atoms with Crippen molar-refractivity contribution in [1.29, 1.82) is 0 Å². The molecule has 4 nitrogen and oxygen atoms in total. The van der Waals surface area contributed by atoms with Crippen LogP contribution in [0.15, 0.2) is 42.0 Å². The minimum atomic E-state index is -1.06. The van der Waals surface area contributed by atoms with Crippen LogP contribution in [-0.2, 0) is 4.79 Å². The molecule has 1 aromatic rings. The third kappa shape index (κ3) is 3.24. The summed E-state index contributed by atoms with van der Waals surface area (Å²) in [6, 6.07) is 9.29. The van der Waals surface area contributed by atoms with Crippen molar-refractivity contribution in [3.8, 4) is 0 Å². The maximum Gasteiger partial charge on any atom is 0.169 e. The van der Waals surface area contributed by atoms with Crippen molar-refractivity contribution in [2.75, 3.05) is 0 Å². The van der Waals surface area contributed by atoms with Gasteiger partial charge in [-0.2, -0.15) is 0 Å². The summed E-state index contributed by atoms with van der Waals surface area (Å²) in [7, 11) is 0. The highest BCUT2D eigenvalue weighted by Gasteiger charge is 2.58. The van der Waals surface area contributed by atoms with Crippen molar-refractivity contribution < 1.29 is 19.8 Å². The molecule has 0 amide bonds. The summed E-state index contributed by atoms with van der Waals surface area (Å²) in [5.41, 5.74) is 1.26. The van der Waals surface area contributed by atoms with Crippen LogP contribution in [0.5, 0.6) is 0 Å². The van der Waals surface area contributed by atoms with E-state index in [0.29, 0.717) is 17.9 Å². The lowest BCUT2D eigenvalue weighted by Gasteiger charge is -2.59. The molecule has 0 saturated heterocycles. The summed E-state index contributed by atoms with van der Waals surface area (Å²) >= 11 is 0. The van der Waals surface area contributed by atoms with Gasteiger partial charge in [0.1, 0.15) is 0 Å². The zero-order valence-electron chi connectivity index (χ0n) is 18.3. The molecule has 0 bridgehead atoms. The Morgan fingerprint density at radius 3 is 2.50 bits per heavy atom. The number of aliphatic hydroxyl groups is 1. The lowest BCUT2D eigenvalue weighted by Crippen LogP contribution is -2.56. The van der Waals surface area contributed by atoms with E-state index in [0.717, 1.165) is 32.1 Å². The summed E-state index contributed by atoms with van der Waals surface area (Å²) in [5.74, 6) is -1.49. The Balaban J connectivity index is 1.76. The van der Waals surface area contributed by atoms with Crippen molar-refractivity contribution >= 4 is 11.8 Å². The number of carbonyl (C=O) groups is 2. The van der Waals surface area contributed by atoms with Crippen LogP contribution in [0.3, 0.4) is 0 Å². The van der Waals surface area contributed by atoms with Gasteiger partial charge in [0, 0.05) is 16.9 Å². The van der Waals surface area contributed by atoms with E-state index < -0.39 is 17.3 Å². The van der Waals surface area contributed by atoms with Crippen molar-refractivity contribution in [3.63, 3.8) is 0 Å². The molecule has 7 unspecified atom stereocenters. The van der Waals surface area contributed by atoms with Gasteiger partial charge in [-0.05, 0) is 67.6 Å². The van der Waals surface area contributed by atoms with Crippen molar-refractivity contribution in [2.45, 2.75) is 65.4 Å². The van der Waals surface area contributed by atoms with Crippen molar-refractivity contribution in [3.05, 3.63) is 47.5 Å². The van der Waals surface area contributed by atoms with E-state index in [-0.39, 0.29) is 29.1 Å². The lowest BCUT2D eigenvalue weighted by atomic mass is 9.45. The SMILES string of the molecule is CC(C(=O)[O-])C1C2CC=C3CC(O)CCC3(C)C2CCC1(C)C(=O)c1ccccc1. The first-order valence-electron chi connectivity index (χ1n) is 11.4. The third-order valence-corrected chi connectivity index (χ3v) is 8.79. The molecule has 4 rings (SSSR count). The zero-order valence-corrected chi connectivity index (χ0v) is 18.3. The minimum Gasteiger partial charge on any atom is -0.550 e. The lowest BCUT2D eigenvalue weighted by molar-refractivity contribution is -0.315. The van der Waals surface area contributed by atoms with Crippen molar-refractivity contribution in [2.24, 2.45) is 34.5 Å². The summed E-state index contributed by atoms with van der Waals surface area (Å²) in [5, 5.41) is 22.2. The molecule has 3 aliphatic rings. The fraction of sp³-hybridized carbons (Fsp3) is 0.615. The fourth-order valence-corrected chi connectivity index (χ4v) is 7.15. The molecule has 3 aliphatic carbocycles. The van der Waals surface area contributed by atoms with E-state index in [1.807, 2.05) is 37.3 Å². The quantitative estimate of drug-likeness (QED) is 0.606. The van der Waals surface area contributed by atoms with Crippen LogP contribution in [-0.4, -0.2) is 23.0 Å². The van der Waals surface area contributed by atoms with Gasteiger partial charge in [0.2, 0.25) is 0 Å². The second-order valence-corrected chi connectivity index (χ2v) is 10.3. The number of benzene rings is 1. The largest absolute Gasteiger partial charge is 0.550 e. The molecule has 2 saturated carbocycles. The van der Waals surface area contributed by atoms with Crippen LogP contribution in [0.1, 0.15) is 69.7 Å². The molecule has 0 heterocycles. The van der Waals surface area contributed by atoms with E-state index in [2.05, 4.69) is 13.0 Å². The van der Waals surface area contributed by atoms with Gasteiger partial charge in [0.05, 0.1) is 6.10 Å². The highest BCUT2D eigenvalue weighted by molar-refractivity contribution is 6.00. The molecule has 1 N–H and O–H groups in total. The number of hydrogen-bond donors (Lipinski definition) is 1. The summed E-state index contributed by atoms with van der Waals surface area (Å²) in [4.78, 5) is 25.7. The van der Waals surface area contributed by atoms with Crippen LogP contribution >= 0.6 is 0 Å². The molecule has 162 valence electrons. The molecule has 7 atom stereocenters. The Labute approximate surface area is 179 Å². The summed E-state index contributed by atoms with van der Waals surface area (Å²) in [6.07, 6.45) is 6.80. The van der Waals surface area contributed by atoms with Crippen LogP contribution in [0.2, 0.25) is 0 Å². The molecule has 0 spiro atoms. The van der Waals surface area contributed by atoms with E-state index in [1.165, 1.54) is 5.57 Å². The Morgan fingerprint density at radius 2 is 1.83 bits per heavy atom. The number of ketones is 1. The van der Waals surface area contributed by atoms with Crippen LogP contribution in [0, 0.1) is 34.5 Å². The number of rotatable bonds is 4. The van der Waals surface area contributed by atoms with Crippen LogP contribution < -0.4 is 5.11 Å². The first-order valence-corrected chi connectivity index (χ1v) is 11.4. The van der Waals surface area contributed by atoms with Gasteiger partial charge >= 0.3 is 0 Å². The number of allylic oxidation sites excluding steroid dienone is 1. The first kappa shape index (κ1) is 21.3. The fourth-order valence-electron chi connectivity index (χ4n) is 7.15. The smallest absolute Gasteiger partial charge is 0.169 e. The normalized spacial score (nSPS) is 39.3. The van der Waals surface area contributed by atoms with Gasteiger partial charge in [0.25, 0.3) is 0 Å². The maximum atomic E-state index is 13.7. The molecule has 30 heavy (non-hydrogen) atoms.